The summed E-state index contributed by atoms with van der Waals surface area (Å²) in [4.78, 5) is 12.1. The van der Waals surface area contributed by atoms with Crippen LogP contribution in [0.5, 0.6) is 11.5 Å². The van der Waals surface area contributed by atoms with Gasteiger partial charge in [-0.25, -0.2) is 5.43 Å². The average molecular weight is 455 g/mol. The van der Waals surface area contributed by atoms with E-state index < -0.39 is 0 Å². The van der Waals surface area contributed by atoms with Crippen molar-refractivity contribution in [3.8, 4) is 11.5 Å². The van der Waals surface area contributed by atoms with Crippen LogP contribution in [0.1, 0.15) is 25.3 Å². The zero-order valence-corrected chi connectivity index (χ0v) is 17.8. The first-order valence-electron chi connectivity index (χ1n) is 9.52. The van der Waals surface area contributed by atoms with Crippen LogP contribution in [0.4, 0.5) is 0 Å². The second kappa shape index (κ2) is 10.6. The number of unbranched alkanes of at least 4 members (excludes halogenated alkanes) is 1. The Labute approximate surface area is 178 Å². The van der Waals surface area contributed by atoms with Crippen LogP contribution in [-0.2, 0) is 4.79 Å². The fraction of sp³-hybridized carbons (Fsp3) is 0.217. The van der Waals surface area contributed by atoms with Gasteiger partial charge in [-0.05, 0) is 41.5 Å². The molecule has 1 amide bonds. The second-order valence-electron chi connectivity index (χ2n) is 6.44. The summed E-state index contributed by atoms with van der Waals surface area (Å²) < 4.78 is 12.3. The lowest BCUT2D eigenvalue weighted by molar-refractivity contribution is -0.123. The first kappa shape index (κ1) is 20.9. The number of fused-ring (bicyclic) bond motifs is 1. The molecule has 29 heavy (non-hydrogen) atoms. The molecule has 0 aliphatic heterocycles. The Bertz CT molecular complexity index is 1000. The first-order chi connectivity index (χ1) is 14.2. The summed E-state index contributed by atoms with van der Waals surface area (Å²) in [7, 11) is 0. The van der Waals surface area contributed by atoms with Crippen LogP contribution in [0.3, 0.4) is 0 Å². The molecule has 3 aromatic rings. The molecule has 3 aromatic carbocycles. The van der Waals surface area contributed by atoms with E-state index in [-0.39, 0.29) is 12.5 Å². The summed E-state index contributed by atoms with van der Waals surface area (Å²) in [6.45, 7) is 2.64. The van der Waals surface area contributed by atoms with E-state index in [2.05, 4.69) is 33.4 Å². The molecule has 0 bridgehead atoms. The van der Waals surface area contributed by atoms with Gasteiger partial charge in [-0.15, -0.1) is 0 Å². The van der Waals surface area contributed by atoms with E-state index in [1.807, 2.05) is 48.5 Å². The van der Waals surface area contributed by atoms with Gasteiger partial charge in [0, 0.05) is 10.0 Å². The van der Waals surface area contributed by atoms with Gasteiger partial charge >= 0.3 is 0 Å². The molecule has 150 valence electrons. The number of amides is 1. The maximum atomic E-state index is 12.1. The number of nitrogens with zero attached hydrogens (tertiary/aromatic N) is 1. The lowest BCUT2D eigenvalue weighted by Crippen LogP contribution is -2.24. The Morgan fingerprint density at radius 1 is 1.10 bits per heavy atom. The van der Waals surface area contributed by atoms with Gasteiger partial charge in [-0.3, -0.25) is 4.79 Å². The molecule has 0 saturated heterocycles. The fourth-order valence-corrected chi connectivity index (χ4v) is 3.15. The van der Waals surface area contributed by atoms with Crippen LogP contribution in [0.2, 0.25) is 0 Å². The molecule has 6 heteroatoms. The largest absolute Gasteiger partial charge is 0.493 e. The molecule has 0 aliphatic rings. The lowest BCUT2D eigenvalue weighted by atomic mass is 10.0. The number of nitrogens with one attached hydrogen (secondary N) is 1. The van der Waals surface area contributed by atoms with Crippen molar-refractivity contribution in [2.45, 2.75) is 19.8 Å². The minimum absolute atomic E-state index is 0.122. The van der Waals surface area contributed by atoms with Gasteiger partial charge in [-0.1, -0.05) is 65.7 Å². The third kappa shape index (κ3) is 6.06. The summed E-state index contributed by atoms with van der Waals surface area (Å²) >= 11 is 3.37. The van der Waals surface area contributed by atoms with Gasteiger partial charge < -0.3 is 9.47 Å². The van der Waals surface area contributed by atoms with Gasteiger partial charge in [0.1, 0.15) is 11.5 Å². The maximum absolute atomic E-state index is 12.1. The van der Waals surface area contributed by atoms with E-state index in [1.54, 1.807) is 18.3 Å². The van der Waals surface area contributed by atoms with Gasteiger partial charge in [0.15, 0.2) is 6.61 Å². The second-order valence-corrected chi connectivity index (χ2v) is 7.36. The van der Waals surface area contributed by atoms with Crippen molar-refractivity contribution in [3.63, 3.8) is 0 Å². The summed E-state index contributed by atoms with van der Waals surface area (Å²) in [6, 6.07) is 19.3. The Morgan fingerprint density at radius 3 is 2.79 bits per heavy atom. The van der Waals surface area contributed by atoms with Crippen LogP contribution in [0.25, 0.3) is 10.8 Å². The molecule has 0 heterocycles. The number of rotatable bonds is 9. The molecule has 0 aliphatic carbocycles. The molecular formula is C23H23BrN2O3. The van der Waals surface area contributed by atoms with E-state index in [1.165, 1.54) is 0 Å². The highest BCUT2D eigenvalue weighted by Crippen LogP contribution is 2.27. The molecule has 0 atom stereocenters. The van der Waals surface area contributed by atoms with Crippen molar-refractivity contribution in [3.05, 3.63) is 70.7 Å². The zero-order valence-electron chi connectivity index (χ0n) is 16.2. The van der Waals surface area contributed by atoms with E-state index in [4.69, 9.17) is 9.47 Å². The van der Waals surface area contributed by atoms with E-state index in [0.717, 1.165) is 39.4 Å². The Hall–Kier alpha value is -2.86. The Balaban J connectivity index is 1.68. The molecule has 0 fully saturated rings. The Morgan fingerprint density at radius 2 is 1.97 bits per heavy atom. The van der Waals surface area contributed by atoms with Gasteiger partial charge in [0.2, 0.25) is 0 Å². The molecule has 0 radical (unpaired) electrons. The average Bonchev–Trinajstić information content (AvgIpc) is 2.73. The van der Waals surface area contributed by atoms with Crippen LogP contribution >= 0.6 is 15.9 Å². The van der Waals surface area contributed by atoms with Crippen LogP contribution < -0.4 is 14.9 Å². The van der Waals surface area contributed by atoms with Crippen LogP contribution in [-0.4, -0.2) is 25.3 Å². The van der Waals surface area contributed by atoms with E-state index in [9.17, 15) is 4.79 Å². The van der Waals surface area contributed by atoms with Crippen molar-refractivity contribution >= 4 is 38.8 Å². The predicted molar refractivity (Wildman–Crippen MR) is 120 cm³/mol. The Kier molecular flexibility index (Phi) is 7.64. The zero-order chi connectivity index (χ0) is 20.5. The number of hydrogen-bond donors (Lipinski definition) is 1. The highest BCUT2D eigenvalue weighted by molar-refractivity contribution is 9.10. The molecule has 0 unspecified atom stereocenters. The topological polar surface area (TPSA) is 59.9 Å². The molecule has 0 aromatic heterocycles. The number of ether oxygens (including phenoxy) is 2. The monoisotopic (exact) mass is 454 g/mol. The predicted octanol–water partition coefficient (Wildman–Crippen LogP) is 5.31. The van der Waals surface area contributed by atoms with Crippen molar-refractivity contribution < 1.29 is 14.3 Å². The van der Waals surface area contributed by atoms with E-state index >= 15 is 0 Å². The molecule has 1 N–H and O–H groups in total. The number of hydrogen-bond acceptors (Lipinski definition) is 4. The van der Waals surface area contributed by atoms with Crippen molar-refractivity contribution in [1.29, 1.82) is 0 Å². The number of benzene rings is 3. The lowest BCUT2D eigenvalue weighted by Gasteiger charge is -2.11. The van der Waals surface area contributed by atoms with Gasteiger partial charge in [0.25, 0.3) is 5.91 Å². The summed E-state index contributed by atoms with van der Waals surface area (Å²) in [5.74, 6) is 1.02. The van der Waals surface area contributed by atoms with Gasteiger partial charge in [-0.2, -0.15) is 5.10 Å². The van der Waals surface area contributed by atoms with Crippen molar-refractivity contribution in [2.24, 2.45) is 5.10 Å². The first-order valence-corrected chi connectivity index (χ1v) is 10.3. The van der Waals surface area contributed by atoms with Crippen molar-refractivity contribution in [1.82, 2.24) is 5.43 Å². The summed E-state index contributed by atoms with van der Waals surface area (Å²) in [5.41, 5.74) is 3.35. The SMILES string of the molecule is CCCCOc1ccc2ccccc2c1/C=N/NC(=O)COc1cccc(Br)c1. The smallest absolute Gasteiger partial charge is 0.277 e. The van der Waals surface area contributed by atoms with E-state index in [0.29, 0.717) is 12.4 Å². The highest BCUT2D eigenvalue weighted by Gasteiger charge is 2.08. The summed E-state index contributed by atoms with van der Waals surface area (Å²) in [6.07, 6.45) is 3.67. The van der Waals surface area contributed by atoms with Crippen LogP contribution in [0.15, 0.2) is 70.2 Å². The standard InChI is InChI=1S/C23H23BrN2O3/c1-2-3-13-28-22-12-11-17-7-4-5-10-20(17)21(22)15-25-26-23(27)16-29-19-9-6-8-18(24)14-19/h4-12,14-15H,2-3,13,16H2,1H3,(H,26,27)/b25-15+. The third-order valence-electron chi connectivity index (χ3n) is 4.24. The van der Waals surface area contributed by atoms with Crippen molar-refractivity contribution in [2.75, 3.05) is 13.2 Å². The van der Waals surface area contributed by atoms with Gasteiger partial charge in [0.05, 0.1) is 12.8 Å². The molecule has 0 spiro atoms. The molecular weight excluding hydrogens is 432 g/mol. The quantitative estimate of drug-likeness (QED) is 0.270. The molecule has 3 rings (SSSR count). The third-order valence-corrected chi connectivity index (χ3v) is 4.73. The maximum Gasteiger partial charge on any atom is 0.277 e. The molecule has 0 saturated carbocycles. The normalized spacial score (nSPS) is 11.0. The molecule has 5 nitrogen and oxygen atoms in total. The number of carbonyl (C=O) groups is 1. The highest BCUT2D eigenvalue weighted by atomic mass is 79.9. The summed E-state index contributed by atoms with van der Waals surface area (Å²) in [5, 5.41) is 6.22. The minimum Gasteiger partial charge on any atom is -0.493 e. The minimum atomic E-state index is -0.338. The number of halogens is 1. The number of carbonyl (C=O) groups excluding carboxylic acids is 1. The van der Waals surface area contributed by atoms with Crippen LogP contribution in [0, 0.1) is 0 Å². The number of hydrazone groups is 1. The fourth-order valence-electron chi connectivity index (χ4n) is 2.77.